The van der Waals surface area contributed by atoms with Gasteiger partial charge in [-0.15, -0.1) is 0 Å². The number of hydrogen-bond acceptors (Lipinski definition) is 3. The molecule has 0 aromatic heterocycles. The summed E-state index contributed by atoms with van der Waals surface area (Å²) in [6.45, 7) is 9.49. The lowest BCUT2D eigenvalue weighted by molar-refractivity contribution is 0.0636. The van der Waals surface area contributed by atoms with Gasteiger partial charge < -0.3 is 10.1 Å². The normalized spacial score (nSPS) is 11.4. The van der Waals surface area contributed by atoms with Gasteiger partial charge in [0.2, 0.25) is 0 Å². The summed E-state index contributed by atoms with van der Waals surface area (Å²) in [4.78, 5) is 11.8. The molecule has 21 heavy (non-hydrogen) atoms. The molecule has 4 nitrogen and oxygen atoms in total. The highest BCUT2D eigenvalue weighted by Crippen LogP contribution is 2.25. The van der Waals surface area contributed by atoms with Gasteiger partial charge in [0.1, 0.15) is 11.4 Å². The minimum atomic E-state index is -0.576. The molecule has 1 amide bonds. The van der Waals surface area contributed by atoms with E-state index in [1.807, 2.05) is 0 Å². The molecule has 0 aliphatic carbocycles. The van der Waals surface area contributed by atoms with Crippen LogP contribution in [0.5, 0.6) is 0 Å². The molecule has 118 valence electrons. The van der Waals surface area contributed by atoms with E-state index in [-0.39, 0.29) is 11.9 Å². The lowest BCUT2D eigenvalue weighted by atomic mass is 10.1. The Hall–Kier alpha value is -1.78. The van der Waals surface area contributed by atoms with Crippen LogP contribution in [0, 0.1) is 5.82 Å². The van der Waals surface area contributed by atoms with Crippen LogP contribution in [0.4, 0.5) is 20.6 Å². The Morgan fingerprint density at radius 1 is 1.24 bits per heavy atom. The van der Waals surface area contributed by atoms with Gasteiger partial charge in [0.25, 0.3) is 0 Å². The molecule has 1 aromatic carbocycles. The molecular weight excluding hydrogens is 271 g/mol. The number of hydrogen-bond donors (Lipinski definition) is 2. The summed E-state index contributed by atoms with van der Waals surface area (Å²) >= 11 is 0. The number of benzene rings is 1. The molecule has 0 aliphatic heterocycles. The van der Waals surface area contributed by atoms with Gasteiger partial charge in [-0.05, 0) is 51.8 Å². The zero-order chi connectivity index (χ0) is 16.0. The Kier molecular flexibility index (Phi) is 6.00. The van der Waals surface area contributed by atoms with Gasteiger partial charge in [-0.2, -0.15) is 0 Å². The zero-order valence-corrected chi connectivity index (χ0v) is 13.4. The molecule has 0 atom stereocenters. The number of anilines is 2. The Balaban J connectivity index is 2.88. The average Bonchev–Trinajstić information content (AvgIpc) is 2.36. The molecule has 2 N–H and O–H groups in total. The van der Waals surface area contributed by atoms with Gasteiger partial charge in [-0.1, -0.05) is 13.8 Å². The van der Waals surface area contributed by atoms with E-state index < -0.39 is 11.7 Å². The van der Waals surface area contributed by atoms with Crippen LogP contribution >= 0.6 is 0 Å². The van der Waals surface area contributed by atoms with Crippen LogP contribution < -0.4 is 10.6 Å². The Labute approximate surface area is 126 Å². The van der Waals surface area contributed by atoms with Crippen LogP contribution in [0.3, 0.4) is 0 Å². The van der Waals surface area contributed by atoms with Crippen LogP contribution in [-0.4, -0.2) is 17.7 Å². The van der Waals surface area contributed by atoms with Crippen LogP contribution in [0.1, 0.15) is 47.5 Å². The molecule has 0 bridgehead atoms. The van der Waals surface area contributed by atoms with Crippen LogP contribution in [0.2, 0.25) is 0 Å². The maximum Gasteiger partial charge on any atom is 0.412 e. The summed E-state index contributed by atoms with van der Waals surface area (Å²) in [6, 6.07) is 4.45. The van der Waals surface area contributed by atoms with E-state index >= 15 is 0 Å². The van der Waals surface area contributed by atoms with Crippen molar-refractivity contribution in [3.05, 3.63) is 24.0 Å². The van der Waals surface area contributed by atoms with Crippen LogP contribution in [0.15, 0.2) is 18.2 Å². The second kappa shape index (κ2) is 7.29. The van der Waals surface area contributed by atoms with Gasteiger partial charge in [0, 0.05) is 6.04 Å². The fourth-order valence-electron chi connectivity index (χ4n) is 1.87. The molecule has 0 saturated heterocycles. The molecule has 0 spiro atoms. The maximum atomic E-state index is 13.4. The van der Waals surface area contributed by atoms with Gasteiger partial charge in [0.05, 0.1) is 11.4 Å². The average molecular weight is 296 g/mol. The fraction of sp³-hybridized carbons (Fsp3) is 0.562. The van der Waals surface area contributed by atoms with E-state index in [1.165, 1.54) is 18.2 Å². The number of carbonyl (C=O) groups excluding carboxylic acids is 1. The molecule has 0 saturated carbocycles. The predicted octanol–water partition coefficient (Wildman–Crippen LogP) is 4.77. The smallest absolute Gasteiger partial charge is 0.412 e. The highest BCUT2D eigenvalue weighted by atomic mass is 19.1. The SMILES string of the molecule is CCC(CC)Nc1cc(F)ccc1NC(=O)OC(C)(C)C. The largest absolute Gasteiger partial charge is 0.444 e. The third kappa shape index (κ3) is 6.02. The first-order valence-corrected chi connectivity index (χ1v) is 7.31. The van der Waals surface area contributed by atoms with Crippen molar-refractivity contribution in [2.24, 2.45) is 0 Å². The van der Waals surface area contributed by atoms with Crippen LogP contribution in [-0.2, 0) is 4.74 Å². The number of halogens is 1. The fourth-order valence-corrected chi connectivity index (χ4v) is 1.87. The summed E-state index contributed by atoms with van der Waals surface area (Å²) in [5, 5.41) is 5.90. The van der Waals surface area contributed by atoms with E-state index in [2.05, 4.69) is 24.5 Å². The van der Waals surface area contributed by atoms with Crippen LogP contribution in [0.25, 0.3) is 0 Å². The summed E-state index contributed by atoms with van der Waals surface area (Å²) in [5.41, 5.74) is 0.500. The topological polar surface area (TPSA) is 50.4 Å². The van der Waals surface area contributed by atoms with Gasteiger partial charge in [-0.25, -0.2) is 9.18 Å². The number of amides is 1. The number of carbonyl (C=O) groups is 1. The molecule has 0 fully saturated rings. The van der Waals surface area contributed by atoms with E-state index in [9.17, 15) is 9.18 Å². The Bertz CT molecular complexity index is 480. The van der Waals surface area contributed by atoms with Gasteiger partial charge in [0.15, 0.2) is 0 Å². The standard InChI is InChI=1S/C16H25FN2O2/c1-6-12(7-2)18-14-10-11(17)8-9-13(14)19-15(20)21-16(3,4)5/h8-10,12,18H,6-7H2,1-5H3,(H,19,20). The molecule has 0 aliphatic rings. The third-order valence-electron chi connectivity index (χ3n) is 2.96. The highest BCUT2D eigenvalue weighted by molar-refractivity contribution is 5.89. The Morgan fingerprint density at radius 3 is 2.38 bits per heavy atom. The summed E-state index contributed by atoms with van der Waals surface area (Å²) in [7, 11) is 0. The summed E-state index contributed by atoms with van der Waals surface area (Å²) < 4.78 is 18.6. The van der Waals surface area contributed by atoms with E-state index in [0.717, 1.165) is 12.8 Å². The van der Waals surface area contributed by atoms with Crippen molar-refractivity contribution < 1.29 is 13.9 Å². The van der Waals surface area contributed by atoms with Crippen molar-refractivity contribution in [1.82, 2.24) is 0 Å². The Morgan fingerprint density at radius 2 is 1.86 bits per heavy atom. The number of nitrogens with one attached hydrogen (secondary N) is 2. The monoisotopic (exact) mass is 296 g/mol. The lowest BCUT2D eigenvalue weighted by Gasteiger charge is -2.22. The minimum Gasteiger partial charge on any atom is -0.444 e. The first-order valence-electron chi connectivity index (χ1n) is 7.31. The quantitative estimate of drug-likeness (QED) is 0.822. The lowest BCUT2D eigenvalue weighted by Crippen LogP contribution is -2.28. The van der Waals surface area contributed by atoms with Crippen molar-refractivity contribution >= 4 is 17.5 Å². The number of ether oxygens (including phenoxy) is 1. The highest BCUT2D eigenvalue weighted by Gasteiger charge is 2.18. The van der Waals surface area contributed by atoms with Crippen molar-refractivity contribution in [1.29, 1.82) is 0 Å². The summed E-state index contributed by atoms with van der Waals surface area (Å²) in [6.07, 6.45) is 1.28. The molecular formula is C16H25FN2O2. The third-order valence-corrected chi connectivity index (χ3v) is 2.96. The van der Waals surface area contributed by atoms with Crippen molar-refractivity contribution in [2.75, 3.05) is 10.6 Å². The first kappa shape index (κ1) is 17.3. The molecule has 0 unspecified atom stereocenters. The summed E-state index contributed by atoms with van der Waals surface area (Å²) in [5.74, 6) is -0.349. The molecule has 0 heterocycles. The first-order chi connectivity index (χ1) is 9.75. The zero-order valence-electron chi connectivity index (χ0n) is 13.4. The second-order valence-corrected chi connectivity index (χ2v) is 5.97. The van der Waals surface area contributed by atoms with Crippen molar-refractivity contribution in [2.45, 2.75) is 59.1 Å². The minimum absolute atomic E-state index is 0.228. The molecule has 0 radical (unpaired) electrons. The van der Waals surface area contributed by atoms with Gasteiger partial charge in [-0.3, -0.25) is 5.32 Å². The van der Waals surface area contributed by atoms with E-state index in [0.29, 0.717) is 11.4 Å². The molecule has 1 rings (SSSR count). The molecule has 5 heteroatoms. The van der Waals surface area contributed by atoms with E-state index in [4.69, 9.17) is 4.74 Å². The predicted molar refractivity (Wildman–Crippen MR) is 84.2 cm³/mol. The van der Waals surface area contributed by atoms with Gasteiger partial charge >= 0.3 is 6.09 Å². The molecule has 1 aromatic rings. The second-order valence-electron chi connectivity index (χ2n) is 5.97. The van der Waals surface area contributed by atoms with E-state index in [1.54, 1.807) is 20.8 Å². The number of rotatable bonds is 5. The maximum absolute atomic E-state index is 13.4. The van der Waals surface area contributed by atoms with Crippen molar-refractivity contribution in [3.63, 3.8) is 0 Å². The van der Waals surface area contributed by atoms with Crippen molar-refractivity contribution in [3.8, 4) is 0 Å².